The number of aromatic nitrogens is 1. The van der Waals surface area contributed by atoms with Gasteiger partial charge in [0.2, 0.25) is 10.0 Å². The Hall–Kier alpha value is -0.500. The van der Waals surface area contributed by atoms with Crippen molar-refractivity contribution in [1.82, 2.24) is 4.98 Å². The van der Waals surface area contributed by atoms with Gasteiger partial charge in [-0.2, -0.15) is 0 Å². The maximum Gasteiger partial charge on any atom is 0.215 e. The van der Waals surface area contributed by atoms with Crippen LogP contribution in [-0.2, 0) is 15.8 Å². The van der Waals surface area contributed by atoms with Crippen LogP contribution in [0.5, 0.6) is 0 Å². The third-order valence-electron chi connectivity index (χ3n) is 1.32. The summed E-state index contributed by atoms with van der Waals surface area (Å²) >= 11 is 1.17. The first-order chi connectivity index (χ1) is 5.88. The van der Waals surface area contributed by atoms with E-state index in [-0.39, 0.29) is 5.75 Å². The molecule has 7 heteroatoms. The number of hydrogen-bond donors (Lipinski definition) is 2. The van der Waals surface area contributed by atoms with Crippen molar-refractivity contribution in [3.05, 3.63) is 16.1 Å². The first-order valence-electron chi connectivity index (χ1n) is 3.51. The average Bonchev–Trinajstić information content (AvgIpc) is 2.31. The van der Waals surface area contributed by atoms with Crippen molar-refractivity contribution in [2.75, 3.05) is 0 Å². The smallest absolute Gasteiger partial charge is 0.215 e. The van der Waals surface area contributed by atoms with Gasteiger partial charge in [0.15, 0.2) is 0 Å². The van der Waals surface area contributed by atoms with Crippen molar-refractivity contribution < 1.29 is 13.5 Å². The second-order valence-electron chi connectivity index (χ2n) is 2.65. The summed E-state index contributed by atoms with van der Waals surface area (Å²) in [5, 5.41) is 15.9. The fourth-order valence-corrected chi connectivity index (χ4v) is 2.59. The number of nitrogens with zero attached hydrogens (tertiary/aromatic N) is 1. The minimum absolute atomic E-state index is 0.273. The van der Waals surface area contributed by atoms with E-state index in [4.69, 9.17) is 10.2 Å². The Morgan fingerprint density at radius 1 is 1.77 bits per heavy atom. The molecule has 0 radical (unpaired) electrons. The molecule has 0 amide bonds. The Morgan fingerprint density at radius 2 is 2.38 bits per heavy atom. The second kappa shape index (κ2) is 3.70. The SMILES string of the molecule is CC(O)c1csc(CS(N)(=O)=O)n1. The van der Waals surface area contributed by atoms with E-state index in [1.54, 1.807) is 12.3 Å². The number of rotatable bonds is 3. The van der Waals surface area contributed by atoms with Crippen LogP contribution >= 0.6 is 11.3 Å². The fraction of sp³-hybridized carbons (Fsp3) is 0.500. The van der Waals surface area contributed by atoms with Crippen molar-refractivity contribution in [1.29, 1.82) is 0 Å². The van der Waals surface area contributed by atoms with Crippen molar-refractivity contribution in [3.8, 4) is 0 Å². The van der Waals surface area contributed by atoms with Crippen LogP contribution < -0.4 is 5.14 Å². The van der Waals surface area contributed by atoms with Gasteiger partial charge in [0.05, 0.1) is 11.8 Å². The van der Waals surface area contributed by atoms with Crippen molar-refractivity contribution >= 4 is 21.4 Å². The summed E-state index contributed by atoms with van der Waals surface area (Å²) in [4.78, 5) is 3.90. The second-order valence-corrected chi connectivity index (χ2v) is 5.21. The summed E-state index contributed by atoms with van der Waals surface area (Å²) in [6, 6.07) is 0. The lowest BCUT2D eigenvalue weighted by atomic mass is 10.3. The number of nitrogens with two attached hydrogens (primary N) is 1. The van der Waals surface area contributed by atoms with Crippen molar-refractivity contribution in [2.24, 2.45) is 5.14 Å². The molecule has 13 heavy (non-hydrogen) atoms. The summed E-state index contributed by atoms with van der Waals surface area (Å²) in [5.74, 6) is -0.273. The van der Waals surface area contributed by atoms with E-state index >= 15 is 0 Å². The highest BCUT2D eigenvalue weighted by atomic mass is 32.2. The molecule has 0 fully saturated rings. The molecule has 0 spiro atoms. The highest BCUT2D eigenvalue weighted by Crippen LogP contribution is 2.17. The van der Waals surface area contributed by atoms with Crippen LogP contribution in [0.15, 0.2) is 5.38 Å². The molecule has 5 nitrogen and oxygen atoms in total. The largest absolute Gasteiger partial charge is 0.387 e. The topological polar surface area (TPSA) is 93.3 Å². The maximum atomic E-state index is 10.7. The summed E-state index contributed by atoms with van der Waals surface area (Å²) in [6.07, 6.45) is -0.675. The molecule has 0 aliphatic heterocycles. The Kier molecular flexibility index (Phi) is 3.01. The standard InChI is InChI=1S/C6H10N2O3S2/c1-4(9)5-2-12-6(8-5)3-13(7,10)11/h2,4,9H,3H2,1H3,(H2,7,10,11). The molecule has 1 aromatic rings. The lowest BCUT2D eigenvalue weighted by molar-refractivity contribution is 0.195. The number of thiazole rings is 1. The molecule has 0 saturated carbocycles. The quantitative estimate of drug-likeness (QED) is 0.752. The van der Waals surface area contributed by atoms with E-state index in [0.717, 1.165) is 0 Å². The maximum absolute atomic E-state index is 10.7. The zero-order valence-electron chi connectivity index (χ0n) is 6.97. The normalized spacial score (nSPS) is 14.4. The number of hydrogen-bond acceptors (Lipinski definition) is 5. The molecule has 1 rings (SSSR count). The van der Waals surface area contributed by atoms with Gasteiger partial charge in [0.1, 0.15) is 10.8 Å². The minimum atomic E-state index is -3.52. The molecule has 0 aliphatic carbocycles. The van der Waals surface area contributed by atoms with Crippen LogP contribution in [0.1, 0.15) is 23.7 Å². The molecule has 74 valence electrons. The van der Waals surface area contributed by atoms with Gasteiger partial charge in [0, 0.05) is 5.38 Å². The Bertz CT molecular complexity index is 382. The van der Waals surface area contributed by atoms with E-state index in [9.17, 15) is 8.42 Å². The molecule has 1 aromatic heterocycles. The van der Waals surface area contributed by atoms with Gasteiger partial charge >= 0.3 is 0 Å². The van der Waals surface area contributed by atoms with Gasteiger partial charge < -0.3 is 5.11 Å². The van der Waals surface area contributed by atoms with Crippen LogP contribution in [0.4, 0.5) is 0 Å². The number of aliphatic hydroxyl groups is 1. The van der Waals surface area contributed by atoms with E-state index in [0.29, 0.717) is 10.7 Å². The van der Waals surface area contributed by atoms with Gasteiger partial charge in [0.25, 0.3) is 0 Å². The van der Waals surface area contributed by atoms with E-state index in [1.165, 1.54) is 11.3 Å². The number of primary sulfonamides is 1. The lowest BCUT2D eigenvalue weighted by Gasteiger charge is -1.96. The van der Waals surface area contributed by atoms with E-state index < -0.39 is 16.1 Å². The summed E-state index contributed by atoms with van der Waals surface area (Å²) in [5.41, 5.74) is 0.476. The Labute approximate surface area is 80.3 Å². The zero-order valence-corrected chi connectivity index (χ0v) is 8.60. The van der Waals surface area contributed by atoms with Crippen LogP contribution in [0.3, 0.4) is 0 Å². The fourth-order valence-electron chi connectivity index (χ4n) is 0.755. The first-order valence-corrected chi connectivity index (χ1v) is 6.11. The molecule has 0 bridgehead atoms. The Morgan fingerprint density at radius 3 is 2.77 bits per heavy atom. The average molecular weight is 222 g/mol. The third-order valence-corrected chi connectivity index (χ3v) is 3.05. The molecule has 0 saturated heterocycles. The number of aliphatic hydroxyl groups excluding tert-OH is 1. The van der Waals surface area contributed by atoms with Crippen molar-refractivity contribution in [3.63, 3.8) is 0 Å². The molecule has 1 heterocycles. The van der Waals surface area contributed by atoms with E-state index in [2.05, 4.69) is 4.98 Å². The van der Waals surface area contributed by atoms with Gasteiger partial charge in [-0.15, -0.1) is 11.3 Å². The molecule has 0 aromatic carbocycles. The highest BCUT2D eigenvalue weighted by Gasteiger charge is 2.11. The Balaban J connectivity index is 2.81. The minimum Gasteiger partial charge on any atom is -0.387 e. The van der Waals surface area contributed by atoms with Gasteiger partial charge in [-0.05, 0) is 6.92 Å². The first kappa shape index (κ1) is 10.6. The lowest BCUT2D eigenvalue weighted by Crippen LogP contribution is -2.14. The molecule has 1 atom stereocenters. The van der Waals surface area contributed by atoms with Gasteiger partial charge in [-0.25, -0.2) is 18.5 Å². The summed E-state index contributed by atoms with van der Waals surface area (Å²) in [6.45, 7) is 1.57. The molecule has 3 N–H and O–H groups in total. The van der Waals surface area contributed by atoms with Crippen LogP contribution in [0.2, 0.25) is 0 Å². The van der Waals surface area contributed by atoms with E-state index in [1.807, 2.05) is 0 Å². The van der Waals surface area contributed by atoms with Crippen LogP contribution in [0, 0.1) is 0 Å². The van der Waals surface area contributed by atoms with Gasteiger partial charge in [-0.3, -0.25) is 0 Å². The number of sulfonamides is 1. The summed E-state index contributed by atoms with van der Waals surface area (Å²) in [7, 11) is -3.52. The van der Waals surface area contributed by atoms with Gasteiger partial charge in [-0.1, -0.05) is 0 Å². The molecule has 0 aliphatic rings. The monoisotopic (exact) mass is 222 g/mol. The third kappa shape index (κ3) is 3.39. The van der Waals surface area contributed by atoms with Crippen LogP contribution in [-0.4, -0.2) is 18.5 Å². The molecular weight excluding hydrogens is 212 g/mol. The zero-order chi connectivity index (χ0) is 10.1. The highest BCUT2D eigenvalue weighted by molar-refractivity contribution is 7.88. The summed E-state index contributed by atoms with van der Waals surface area (Å²) < 4.78 is 21.3. The van der Waals surface area contributed by atoms with Crippen LogP contribution in [0.25, 0.3) is 0 Å². The molecule has 1 unspecified atom stereocenters. The van der Waals surface area contributed by atoms with Crippen molar-refractivity contribution in [2.45, 2.75) is 18.8 Å². The molecular formula is C6H10N2O3S2. The predicted molar refractivity (Wildman–Crippen MR) is 49.6 cm³/mol. The predicted octanol–water partition coefficient (Wildman–Crippen LogP) is -0.0151.